The van der Waals surface area contributed by atoms with Gasteiger partial charge >= 0.3 is 6.09 Å². The summed E-state index contributed by atoms with van der Waals surface area (Å²) in [5.41, 5.74) is -0.503. The number of nitrogens with zero attached hydrogens (tertiary/aromatic N) is 1. The molecule has 138 valence electrons. The second-order valence-electron chi connectivity index (χ2n) is 6.37. The number of carbonyl (C=O) groups is 1. The number of carbonyl (C=O) groups excluding carboxylic acids is 1. The Labute approximate surface area is 157 Å². The Kier molecular flexibility index (Phi) is 13.4. The van der Waals surface area contributed by atoms with E-state index in [9.17, 15) is 4.79 Å². The molecule has 0 saturated carbocycles. The predicted octanol–water partition coefficient (Wildman–Crippen LogP) is 1.97. The van der Waals surface area contributed by atoms with Crippen molar-refractivity contribution in [2.75, 3.05) is 33.9 Å². The molecule has 0 fully saturated rings. The molecule has 0 aliphatic rings. The zero-order valence-electron chi connectivity index (χ0n) is 15.4. The maximum Gasteiger partial charge on any atom is 0.407 e. The van der Waals surface area contributed by atoms with Gasteiger partial charge in [-0.3, -0.25) is 4.99 Å². The van der Waals surface area contributed by atoms with Crippen LogP contribution in [-0.2, 0) is 9.47 Å². The molecule has 1 unspecified atom stereocenters. The number of nitrogens with one attached hydrogen (secondary N) is 3. The predicted molar refractivity (Wildman–Crippen MR) is 105 cm³/mol. The summed E-state index contributed by atoms with van der Waals surface area (Å²) in [6, 6.07) is -0.0594. The van der Waals surface area contributed by atoms with Crippen LogP contribution >= 0.6 is 24.0 Å². The van der Waals surface area contributed by atoms with E-state index < -0.39 is 11.7 Å². The Hall–Kier alpha value is -0.770. The van der Waals surface area contributed by atoms with Crippen LogP contribution in [0.3, 0.4) is 0 Å². The molecule has 8 heteroatoms. The second kappa shape index (κ2) is 12.6. The molecule has 0 heterocycles. The highest BCUT2D eigenvalue weighted by atomic mass is 127. The van der Waals surface area contributed by atoms with Crippen LogP contribution in [0.25, 0.3) is 0 Å². The Morgan fingerprint density at radius 2 is 1.83 bits per heavy atom. The summed E-state index contributed by atoms with van der Waals surface area (Å²) in [6.07, 6.45) is -0.407. The molecule has 0 aromatic rings. The minimum absolute atomic E-state index is 0. The van der Waals surface area contributed by atoms with Crippen LogP contribution in [0.4, 0.5) is 4.79 Å². The highest BCUT2D eigenvalue weighted by Crippen LogP contribution is 2.08. The van der Waals surface area contributed by atoms with Crippen LogP contribution in [0.5, 0.6) is 0 Å². The van der Waals surface area contributed by atoms with Gasteiger partial charge < -0.3 is 25.4 Å². The summed E-state index contributed by atoms with van der Waals surface area (Å²) in [5.74, 6) is 0.936. The Morgan fingerprint density at radius 3 is 2.26 bits per heavy atom. The maximum absolute atomic E-state index is 11.9. The number of rotatable bonds is 7. The molecule has 0 aliphatic carbocycles. The van der Waals surface area contributed by atoms with Crippen molar-refractivity contribution in [1.82, 2.24) is 16.0 Å². The van der Waals surface area contributed by atoms with Gasteiger partial charge in [-0.25, -0.2) is 4.79 Å². The monoisotopic (exact) mass is 444 g/mol. The Balaban J connectivity index is 0. The number of guanidine groups is 1. The van der Waals surface area contributed by atoms with Crippen molar-refractivity contribution in [3.63, 3.8) is 0 Å². The lowest BCUT2D eigenvalue weighted by molar-refractivity contribution is 0.0491. The smallest absolute Gasteiger partial charge is 0.407 e. The summed E-state index contributed by atoms with van der Waals surface area (Å²) in [4.78, 5) is 16.0. The van der Waals surface area contributed by atoms with Gasteiger partial charge in [-0.15, -0.1) is 24.0 Å². The first-order valence-corrected chi connectivity index (χ1v) is 7.62. The zero-order valence-corrected chi connectivity index (χ0v) is 17.7. The van der Waals surface area contributed by atoms with Crippen molar-refractivity contribution in [2.24, 2.45) is 10.9 Å². The molecule has 0 saturated heterocycles. The van der Waals surface area contributed by atoms with E-state index in [0.29, 0.717) is 25.7 Å². The fourth-order valence-corrected chi connectivity index (χ4v) is 1.61. The highest BCUT2D eigenvalue weighted by molar-refractivity contribution is 14.0. The third-order valence-electron chi connectivity index (χ3n) is 2.82. The molecular formula is C15H33IN4O3. The lowest BCUT2D eigenvalue weighted by Crippen LogP contribution is -2.50. The summed E-state index contributed by atoms with van der Waals surface area (Å²) >= 11 is 0. The van der Waals surface area contributed by atoms with Gasteiger partial charge in [0, 0.05) is 27.2 Å². The molecule has 3 N–H and O–H groups in total. The number of ether oxygens (including phenoxy) is 2. The van der Waals surface area contributed by atoms with Crippen LogP contribution in [-0.4, -0.2) is 57.5 Å². The topological polar surface area (TPSA) is 84.0 Å². The number of hydrogen-bond donors (Lipinski definition) is 3. The third kappa shape index (κ3) is 13.4. The first kappa shape index (κ1) is 24.5. The number of aliphatic imine (C=N–C) groups is 1. The van der Waals surface area contributed by atoms with Crippen LogP contribution in [0, 0.1) is 5.92 Å². The van der Waals surface area contributed by atoms with Crippen LogP contribution in [0.1, 0.15) is 34.6 Å². The van der Waals surface area contributed by atoms with E-state index in [4.69, 9.17) is 9.47 Å². The second-order valence-corrected chi connectivity index (χ2v) is 6.37. The van der Waals surface area contributed by atoms with Gasteiger partial charge in [0.05, 0.1) is 12.6 Å². The van der Waals surface area contributed by atoms with Crippen molar-refractivity contribution in [2.45, 2.75) is 46.3 Å². The summed E-state index contributed by atoms with van der Waals surface area (Å²) in [5, 5.41) is 9.21. The van der Waals surface area contributed by atoms with Crippen LogP contribution in [0.2, 0.25) is 0 Å². The van der Waals surface area contributed by atoms with E-state index in [1.807, 2.05) is 34.6 Å². The number of hydrogen-bond acceptors (Lipinski definition) is 4. The fraction of sp³-hybridized carbons (Fsp3) is 0.867. The van der Waals surface area contributed by atoms with E-state index in [2.05, 4.69) is 20.9 Å². The summed E-state index contributed by atoms with van der Waals surface area (Å²) < 4.78 is 10.3. The van der Waals surface area contributed by atoms with Gasteiger partial charge in [-0.1, -0.05) is 13.8 Å². The molecule has 23 heavy (non-hydrogen) atoms. The molecule has 7 nitrogen and oxygen atoms in total. The van der Waals surface area contributed by atoms with Gasteiger partial charge in [0.1, 0.15) is 5.60 Å². The van der Waals surface area contributed by atoms with E-state index in [-0.39, 0.29) is 35.9 Å². The van der Waals surface area contributed by atoms with Crippen LogP contribution in [0.15, 0.2) is 4.99 Å². The molecule has 0 radical (unpaired) electrons. The quantitative estimate of drug-likeness (QED) is 0.242. The standard InChI is InChI=1S/C15H32N4O3.HI/c1-11(2)12(19-14(20)22-15(3,4)5)10-18-13(16-6)17-8-9-21-7;/h11-12H,8-10H2,1-7H3,(H,19,20)(H2,16,17,18);1H. The third-order valence-corrected chi connectivity index (χ3v) is 2.82. The van der Waals surface area contributed by atoms with Gasteiger partial charge in [-0.05, 0) is 26.7 Å². The molecule has 0 spiro atoms. The van der Waals surface area contributed by atoms with E-state index in [1.165, 1.54) is 0 Å². The zero-order chi connectivity index (χ0) is 17.2. The average molecular weight is 444 g/mol. The Morgan fingerprint density at radius 1 is 1.22 bits per heavy atom. The maximum atomic E-state index is 11.9. The SMILES string of the molecule is CN=C(NCCOC)NCC(NC(=O)OC(C)(C)C)C(C)C.I. The average Bonchev–Trinajstić information content (AvgIpc) is 2.38. The molecule has 0 aromatic heterocycles. The molecule has 0 aromatic carbocycles. The van der Waals surface area contributed by atoms with Crippen LogP contribution < -0.4 is 16.0 Å². The molecule has 0 bridgehead atoms. The normalized spacial score (nSPS) is 13.1. The van der Waals surface area contributed by atoms with Gasteiger partial charge in [-0.2, -0.15) is 0 Å². The fourth-order valence-electron chi connectivity index (χ4n) is 1.61. The minimum Gasteiger partial charge on any atom is -0.444 e. The Bertz CT molecular complexity index is 357. The van der Waals surface area contributed by atoms with E-state index in [1.54, 1.807) is 14.2 Å². The van der Waals surface area contributed by atoms with E-state index >= 15 is 0 Å². The van der Waals surface area contributed by atoms with Crippen molar-refractivity contribution >= 4 is 36.0 Å². The minimum atomic E-state index is -0.503. The lowest BCUT2D eigenvalue weighted by atomic mass is 10.0. The van der Waals surface area contributed by atoms with Gasteiger partial charge in [0.15, 0.2) is 5.96 Å². The lowest BCUT2D eigenvalue weighted by Gasteiger charge is -2.26. The van der Waals surface area contributed by atoms with Gasteiger partial charge in [0.2, 0.25) is 0 Å². The number of halogens is 1. The van der Waals surface area contributed by atoms with Crippen molar-refractivity contribution in [3.8, 4) is 0 Å². The van der Waals surface area contributed by atoms with Gasteiger partial charge in [0.25, 0.3) is 0 Å². The van der Waals surface area contributed by atoms with Crippen molar-refractivity contribution in [1.29, 1.82) is 0 Å². The highest BCUT2D eigenvalue weighted by Gasteiger charge is 2.21. The molecule has 1 atom stereocenters. The molecular weight excluding hydrogens is 411 g/mol. The first-order chi connectivity index (χ1) is 10.2. The van der Waals surface area contributed by atoms with Crippen molar-refractivity contribution in [3.05, 3.63) is 0 Å². The summed E-state index contributed by atoms with van der Waals surface area (Å²) in [6.45, 7) is 11.5. The largest absolute Gasteiger partial charge is 0.444 e. The molecule has 0 aliphatic heterocycles. The first-order valence-electron chi connectivity index (χ1n) is 7.62. The molecule has 0 rings (SSSR count). The molecule has 1 amide bonds. The number of amides is 1. The van der Waals surface area contributed by atoms with E-state index in [0.717, 1.165) is 0 Å². The summed E-state index contributed by atoms with van der Waals surface area (Å²) in [7, 11) is 3.35. The number of alkyl carbamates (subject to hydrolysis) is 1. The number of methoxy groups -OCH3 is 1. The van der Waals surface area contributed by atoms with Crippen molar-refractivity contribution < 1.29 is 14.3 Å².